The normalized spacial score (nSPS) is 14.9. The maximum Gasteiger partial charge on any atom is 0.217 e. The van der Waals surface area contributed by atoms with Gasteiger partial charge < -0.3 is 5.32 Å². The van der Waals surface area contributed by atoms with Crippen LogP contribution in [-0.4, -0.2) is 22.8 Å². The van der Waals surface area contributed by atoms with Crippen LogP contribution in [0.1, 0.15) is 40.5 Å². The van der Waals surface area contributed by atoms with Gasteiger partial charge in [0.1, 0.15) is 5.92 Å². The zero-order chi connectivity index (χ0) is 15.7. The zero-order valence-corrected chi connectivity index (χ0v) is 13.4. The van der Waals surface area contributed by atoms with Crippen molar-refractivity contribution in [1.82, 2.24) is 5.32 Å². The zero-order valence-electron chi connectivity index (χ0n) is 12.5. The lowest BCUT2D eigenvalue weighted by Crippen LogP contribution is -2.43. The Balaban J connectivity index is 4.97. The summed E-state index contributed by atoms with van der Waals surface area (Å²) in [5, 5.41) is 2.02. The van der Waals surface area contributed by atoms with Gasteiger partial charge in [-0.15, -0.1) is 12.6 Å². The van der Waals surface area contributed by atoms with E-state index in [2.05, 4.69) is 24.9 Å². The van der Waals surface area contributed by atoms with Crippen LogP contribution in [0.4, 0.5) is 0 Å². The Labute approximate surface area is 126 Å². The molecule has 0 saturated carbocycles. The molecule has 0 radical (unpaired) electrons. The Kier molecular flexibility index (Phi) is 8.88. The first-order chi connectivity index (χ1) is 9.31. The van der Waals surface area contributed by atoms with Crippen molar-refractivity contribution < 1.29 is 14.4 Å². The van der Waals surface area contributed by atoms with E-state index in [-0.39, 0.29) is 11.7 Å². The van der Waals surface area contributed by atoms with E-state index in [1.165, 1.54) is 6.92 Å². The van der Waals surface area contributed by atoms with Crippen molar-refractivity contribution in [2.45, 2.75) is 46.6 Å². The van der Waals surface area contributed by atoms with Crippen LogP contribution < -0.4 is 5.32 Å². The molecule has 112 valence electrons. The monoisotopic (exact) mass is 297 g/mol. The number of thiol groups is 1. The molecular weight excluding hydrogens is 274 g/mol. The van der Waals surface area contributed by atoms with Gasteiger partial charge >= 0.3 is 0 Å². The van der Waals surface area contributed by atoms with Crippen LogP contribution in [0.5, 0.6) is 0 Å². The predicted octanol–water partition coefficient (Wildman–Crippen LogP) is 2.46. The lowest BCUT2D eigenvalue weighted by atomic mass is 9.92. The maximum absolute atomic E-state index is 12.2. The minimum absolute atomic E-state index is 0.283. The van der Waals surface area contributed by atoms with Crippen molar-refractivity contribution in [2.75, 3.05) is 0 Å². The molecule has 0 fully saturated rings. The fraction of sp³-hybridized carbons (Fsp3) is 0.533. The van der Waals surface area contributed by atoms with Crippen LogP contribution in [-0.2, 0) is 14.4 Å². The molecule has 0 aliphatic rings. The number of unbranched alkanes of at least 4 members (excludes halogenated alkanes) is 1. The molecule has 2 atom stereocenters. The highest BCUT2D eigenvalue weighted by atomic mass is 32.1. The Morgan fingerprint density at radius 3 is 2.30 bits per heavy atom. The third-order valence-corrected chi connectivity index (χ3v) is 3.08. The van der Waals surface area contributed by atoms with Gasteiger partial charge in [-0.05, 0) is 25.8 Å². The van der Waals surface area contributed by atoms with Crippen molar-refractivity contribution in [2.24, 2.45) is 5.92 Å². The minimum Gasteiger partial charge on any atom is -0.353 e. The molecule has 4 nitrogen and oxygen atoms in total. The first kappa shape index (κ1) is 18.6. The summed E-state index contributed by atoms with van der Waals surface area (Å²) in [6, 6.07) is -0.576. The van der Waals surface area contributed by atoms with Crippen molar-refractivity contribution in [3.63, 3.8) is 0 Å². The van der Waals surface area contributed by atoms with E-state index in [9.17, 15) is 14.4 Å². The quantitative estimate of drug-likeness (QED) is 0.313. The number of Topliss-reactive ketones (excluding diaryl/α,β-unsaturated/α-hetero) is 1. The standard InChI is InChI=1S/C15H23NO3S/c1-5-6-7-8-9-10(2)14(18)13(15(19)20)11(3)16-12(4)17/h7-9,11,13H,5-6H2,1-4H3,(H,16,17)(H,19,20)/b8-7+,10-9+/t11?,13-/m0/s1. The molecule has 5 heteroatoms. The lowest BCUT2D eigenvalue weighted by molar-refractivity contribution is -0.127. The highest BCUT2D eigenvalue weighted by Gasteiger charge is 2.31. The van der Waals surface area contributed by atoms with Crippen LogP contribution in [0.2, 0.25) is 0 Å². The van der Waals surface area contributed by atoms with Gasteiger partial charge in [0.2, 0.25) is 5.91 Å². The Morgan fingerprint density at radius 1 is 1.25 bits per heavy atom. The highest BCUT2D eigenvalue weighted by molar-refractivity contribution is 7.96. The molecule has 1 N–H and O–H groups in total. The first-order valence-electron chi connectivity index (χ1n) is 6.68. The van der Waals surface area contributed by atoms with Gasteiger partial charge in [0.15, 0.2) is 10.9 Å². The highest BCUT2D eigenvalue weighted by Crippen LogP contribution is 2.15. The first-order valence-corrected chi connectivity index (χ1v) is 7.13. The molecule has 0 aromatic heterocycles. The number of hydrogen-bond donors (Lipinski definition) is 2. The molecule has 1 amide bonds. The Morgan fingerprint density at radius 2 is 1.85 bits per heavy atom. The summed E-state index contributed by atoms with van der Waals surface area (Å²) >= 11 is 3.76. The maximum atomic E-state index is 12.2. The molecule has 0 aliphatic carbocycles. The van der Waals surface area contributed by atoms with Gasteiger partial charge in [-0.1, -0.05) is 31.6 Å². The second-order valence-electron chi connectivity index (χ2n) is 4.74. The number of carbonyl (C=O) groups is 3. The summed E-state index contributed by atoms with van der Waals surface area (Å²) in [7, 11) is 0. The predicted molar refractivity (Wildman–Crippen MR) is 83.6 cm³/mol. The van der Waals surface area contributed by atoms with E-state index in [1.54, 1.807) is 26.0 Å². The number of amides is 1. The SMILES string of the molecule is CCC/C=C/C=C(\C)C(=O)[C@@H](C(=O)S)C(C)NC(C)=O. The van der Waals surface area contributed by atoms with Crippen molar-refractivity contribution in [1.29, 1.82) is 0 Å². The summed E-state index contributed by atoms with van der Waals surface area (Å²) in [6.07, 6.45) is 7.43. The summed E-state index contributed by atoms with van der Waals surface area (Å²) in [5.74, 6) is -1.56. The van der Waals surface area contributed by atoms with Gasteiger partial charge in [0.05, 0.1) is 0 Å². The smallest absolute Gasteiger partial charge is 0.217 e. The van der Waals surface area contributed by atoms with Crippen molar-refractivity contribution >= 4 is 29.4 Å². The minimum atomic E-state index is -0.960. The molecule has 0 saturated heterocycles. The molecule has 20 heavy (non-hydrogen) atoms. The van der Waals surface area contributed by atoms with Crippen LogP contribution in [0, 0.1) is 5.92 Å². The molecule has 0 aliphatic heterocycles. The fourth-order valence-corrected chi connectivity index (χ4v) is 2.10. The van der Waals surface area contributed by atoms with Crippen LogP contribution in [0.15, 0.2) is 23.8 Å². The Hall–Kier alpha value is -1.36. The molecule has 0 aromatic rings. The van der Waals surface area contributed by atoms with Gasteiger partial charge in [0, 0.05) is 13.0 Å². The third-order valence-electron chi connectivity index (χ3n) is 2.81. The van der Waals surface area contributed by atoms with E-state index in [1.807, 2.05) is 6.08 Å². The van der Waals surface area contributed by atoms with E-state index < -0.39 is 17.1 Å². The molecule has 0 heterocycles. The molecule has 0 spiro atoms. The second kappa shape index (κ2) is 9.53. The van der Waals surface area contributed by atoms with Crippen molar-refractivity contribution in [3.8, 4) is 0 Å². The average molecular weight is 297 g/mol. The van der Waals surface area contributed by atoms with Crippen LogP contribution in [0.25, 0.3) is 0 Å². The Bertz CT molecular complexity index is 427. The summed E-state index contributed by atoms with van der Waals surface area (Å²) in [6.45, 7) is 6.69. The lowest BCUT2D eigenvalue weighted by Gasteiger charge is -2.20. The molecule has 0 bridgehead atoms. The number of rotatable bonds is 8. The number of hydrogen-bond acceptors (Lipinski definition) is 3. The third kappa shape index (κ3) is 6.70. The summed E-state index contributed by atoms with van der Waals surface area (Å²) in [4.78, 5) is 34.8. The topological polar surface area (TPSA) is 63.2 Å². The molecule has 1 unspecified atom stereocenters. The van der Waals surface area contributed by atoms with Gasteiger partial charge in [-0.3, -0.25) is 14.4 Å². The van der Waals surface area contributed by atoms with Gasteiger partial charge in [-0.2, -0.15) is 0 Å². The second-order valence-corrected chi connectivity index (χ2v) is 5.18. The van der Waals surface area contributed by atoms with Crippen molar-refractivity contribution in [3.05, 3.63) is 23.8 Å². The molecule has 0 rings (SSSR count). The number of nitrogens with one attached hydrogen (secondary N) is 1. The fourth-order valence-electron chi connectivity index (χ4n) is 1.76. The summed E-state index contributed by atoms with van der Waals surface area (Å²) < 4.78 is 0. The number of carbonyl (C=O) groups excluding carboxylic acids is 3. The molecule has 0 aromatic carbocycles. The van der Waals surface area contributed by atoms with Crippen LogP contribution in [0.3, 0.4) is 0 Å². The van der Waals surface area contributed by atoms with E-state index in [0.717, 1.165) is 12.8 Å². The van der Waals surface area contributed by atoms with Gasteiger partial charge in [-0.25, -0.2) is 0 Å². The van der Waals surface area contributed by atoms with Crippen LogP contribution >= 0.6 is 12.6 Å². The van der Waals surface area contributed by atoms with E-state index >= 15 is 0 Å². The van der Waals surface area contributed by atoms with E-state index in [4.69, 9.17) is 0 Å². The van der Waals surface area contributed by atoms with E-state index in [0.29, 0.717) is 5.57 Å². The largest absolute Gasteiger partial charge is 0.353 e. The van der Waals surface area contributed by atoms with Gasteiger partial charge in [0.25, 0.3) is 0 Å². The number of allylic oxidation sites excluding steroid dienone is 4. The number of ketones is 1. The molecular formula is C15H23NO3S. The average Bonchev–Trinajstić information content (AvgIpc) is 2.32. The summed E-state index contributed by atoms with van der Waals surface area (Å²) in [5.41, 5.74) is 0.474.